The van der Waals surface area contributed by atoms with Crippen LogP contribution in [-0.4, -0.2) is 25.5 Å². The number of ether oxygens (including phenoxy) is 2. The van der Waals surface area contributed by atoms with Gasteiger partial charge < -0.3 is 14.0 Å². The van der Waals surface area contributed by atoms with Crippen molar-refractivity contribution in [1.82, 2.24) is 5.16 Å². The highest BCUT2D eigenvalue weighted by molar-refractivity contribution is 5.85. The van der Waals surface area contributed by atoms with Gasteiger partial charge in [-0.25, -0.2) is 4.79 Å². The molecule has 1 aromatic heterocycles. The number of nitrogens with zero attached hydrogens (tertiary/aromatic N) is 1. The smallest absolute Gasteiger partial charge is 0.411 e. The maximum atomic E-state index is 11.2. The largest absolute Gasteiger partial charge is 0.497 e. The average molecular weight is 324 g/mol. The number of carbonyl (C=O) groups excluding carboxylic acids is 1. The normalized spacial score (nSPS) is 10.2. The molecule has 0 aliphatic carbocycles. The van der Waals surface area contributed by atoms with Crippen molar-refractivity contribution in [3.05, 3.63) is 54.6 Å². The van der Waals surface area contributed by atoms with Gasteiger partial charge in [0.2, 0.25) is 0 Å². The number of amides is 1. The maximum absolute atomic E-state index is 11.2. The molecule has 0 radical (unpaired) electrons. The molecule has 1 amide bonds. The van der Waals surface area contributed by atoms with Crippen molar-refractivity contribution in [3.63, 3.8) is 0 Å². The Bertz CT molecular complexity index is 823. The van der Waals surface area contributed by atoms with Crippen LogP contribution in [0.2, 0.25) is 0 Å². The molecule has 3 rings (SSSR count). The standard InChI is InChI=1S/C18H16N2O4/c1-22-15-9-5-13(6-10-15)17-11-16(20-24-17)12-3-7-14(8-4-12)19-18(21)23-2/h3-11H,1-2H3,(H,19,21). The van der Waals surface area contributed by atoms with Crippen molar-refractivity contribution in [3.8, 4) is 28.3 Å². The van der Waals surface area contributed by atoms with E-state index in [1.807, 2.05) is 42.5 Å². The van der Waals surface area contributed by atoms with Crippen LogP contribution in [0.1, 0.15) is 0 Å². The fourth-order valence-electron chi connectivity index (χ4n) is 2.20. The third-order valence-electron chi connectivity index (χ3n) is 3.50. The lowest BCUT2D eigenvalue weighted by atomic mass is 10.1. The fraction of sp³-hybridized carbons (Fsp3) is 0.111. The monoisotopic (exact) mass is 324 g/mol. The van der Waals surface area contributed by atoms with Gasteiger partial charge in [-0.15, -0.1) is 0 Å². The summed E-state index contributed by atoms with van der Waals surface area (Å²) in [5.74, 6) is 1.46. The van der Waals surface area contributed by atoms with Gasteiger partial charge >= 0.3 is 6.09 Å². The Labute approximate surface area is 139 Å². The van der Waals surface area contributed by atoms with Gasteiger partial charge in [-0.05, 0) is 36.4 Å². The summed E-state index contributed by atoms with van der Waals surface area (Å²) in [5, 5.41) is 6.69. The van der Waals surface area contributed by atoms with Crippen LogP contribution in [-0.2, 0) is 4.74 Å². The Hall–Kier alpha value is -3.28. The van der Waals surface area contributed by atoms with E-state index in [9.17, 15) is 4.79 Å². The molecule has 1 heterocycles. The van der Waals surface area contributed by atoms with Gasteiger partial charge in [0.1, 0.15) is 11.4 Å². The van der Waals surface area contributed by atoms with Crippen LogP contribution >= 0.6 is 0 Å². The molecule has 0 aliphatic rings. The molecule has 24 heavy (non-hydrogen) atoms. The van der Waals surface area contributed by atoms with Crippen molar-refractivity contribution in [2.45, 2.75) is 0 Å². The average Bonchev–Trinajstić information content (AvgIpc) is 3.12. The van der Waals surface area contributed by atoms with E-state index in [0.717, 1.165) is 16.9 Å². The number of benzene rings is 2. The van der Waals surface area contributed by atoms with E-state index < -0.39 is 6.09 Å². The molecule has 0 bridgehead atoms. The Kier molecular flexibility index (Phi) is 4.47. The molecule has 122 valence electrons. The SMILES string of the molecule is COC(=O)Nc1ccc(-c2cc(-c3ccc(OC)cc3)on2)cc1. The summed E-state index contributed by atoms with van der Waals surface area (Å²) in [7, 11) is 2.94. The zero-order valence-corrected chi connectivity index (χ0v) is 13.3. The molecule has 0 spiro atoms. The number of rotatable bonds is 4. The zero-order chi connectivity index (χ0) is 16.9. The number of hydrogen-bond donors (Lipinski definition) is 1. The summed E-state index contributed by atoms with van der Waals surface area (Å²) >= 11 is 0. The lowest BCUT2D eigenvalue weighted by Gasteiger charge is -2.03. The van der Waals surface area contributed by atoms with E-state index in [2.05, 4.69) is 15.2 Å². The number of nitrogens with one attached hydrogen (secondary N) is 1. The molecular weight excluding hydrogens is 308 g/mol. The van der Waals surface area contributed by atoms with Crippen molar-refractivity contribution < 1.29 is 18.8 Å². The van der Waals surface area contributed by atoms with E-state index in [4.69, 9.17) is 9.26 Å². The topological polar surface area (TPSA) is 73.6 Å². The van der Waals surface area contributed by atoms with Gasteiger partial charge in [0, 0.05) is 22.9 Å². The second-order valence-electron chi connectivity index (χ2n) is 5.00. The maximum Gasteiger partial charge on any atom is 0.411 e. The van der Waals surface area contributed by atoms with Crippen LogP contribution < -0.4 is 10.1 Å². The number of anilines is 1. The number of hydrogen-bond acceptors (Lipinski definition) is 5. The molecule has 0 saturated carbocycles. The first-order valence-corrected chi connectivity index (χ1v) is 7.26. The van der Waals surface area contributed by atoms with Crippen LogP contribution in [0.15, 0.2) is 59.1 Å². The second-order valence-corrected chi connectivity index (χ2v) is 5.00. The first kappa shape index (κ1) is 15.6. The third-order valence-corrected chi connectivity index (χ3v) is 3.50. The van der Waals surface area contributed by atoms with Crippen molar-refractivity contribution in [2.24, 2.45) is 0 Å². The molecule has 0 atom stereocenters. The van der Waals surface area contributed by atoms with Gasteiger partial charge in [0.05, 0.1) is 14.2 Å². The molecule has 3 aromatic rings. The zero-order valence-electron chi connectivity index (χ0n) is 13.3. The molecule has 0 saturated heterocycles. The van der Waals surface area contributed by atoms with Gasteiger partial charge in [-0.1, -0.05) is 17.3 Å². The molecule has 6 heteroatoms. The summed E-state index contributed by atoms with van der Waals surface area (Å²) in [4.78, 5) is 11.2. The first-order chi connectivity index (χ1) is 11.7. The van der Waals surface area contributed by atoms with E-state index in [-0.39, 0.29) is 0 Å². The summed E-state index contributed by atoms with van der Waals surface area (Å²) < 4.78 is 15.1. The van der Waals surface area contributed by atoms with E-state index in [1.165, 1.54) is 7.11 Å². The first-order valence-electron chi connectivity index (χ1n) is 7.26. The number of methoxy groups -OCH3 is 2. The number of aromatic nitrogens is 1. The molecule has 6 nitrogen and oxygen atoms in total. The molecule has 2 aromatic carbocycles. The molecular formula is C18H16N2O4. The lowest BCUT2D eigenvalue weighted by molar-refractivity contribution is 0.187. The van der Waals surface area contributed by atoms with Crippen molar-refractivity contribution in [1.29, 1.82) is 0 Å². The Morgan fingerprint density at radius 3 is 2.29 bits per heavy atom. The van der Waals surface area contributed by atoms with Crippen LogP contribution in [0.3, 0.4) is 0 Å². The van der Waals surface area contributed by atoms with Crippen LogP contribution in [0, 0.1) is 0 Å². The second kappa shape index (κ2) is 6.87. The van der Waals surface area contributed by atoms with Crippen LogP contribution in [0.25, 0.3) is 22.6 Å². The molecule has 0 unspecified atom stereocenters. The van der Waals surface area contributed by atoms with Crippen molar-refractivity contribution >= 4 is 11.8 Å². The predicted octanol–water partition coefficient (Wildman–Crippen LogP) is 4.20. The fourth-order valence-corrected chi connectivity index (χ4v) is 2.20. The highest BCUT2D eigenvalue weighted by atomic mass is 16.5. The minimum absolute atomic E-state index is 0.508. The van der Waals surface area contributed by atoms with Crippen LogP contribution in [0.5, 0.6) is 5.75 Å². The van der Waals surface area contributed by atoms with Gasteiger partial charge in [0.15, 0.2) is 5.76 Å². The predicted molar refractivity (Wildman–Crippen MR) is 90.0 cm³/mol. The Morgan fingerprint density at radius 2 is 1.67 bits per heavy atom. The van der Waals surface area contributed by atoms with E-state index >= 15 is 0 Å². The summed E-state index contributed by atoms with van der Waals surface area (Å²) in [6.07, 6.45) is -0.508. The molecule has 0 fully saturated rings. The molecule has 1 N–H and O–H groups in total. The quantitative estimate of drug-likeness (QED) is 0.778. The van der Waals surface area contributed by atoms with Gasteiger partial charge in [-0.2, -0.15) is 0 Å². The summed E-state index contributed by atoms with van der Waals surface area (Å²) in [5.41, 5.74) is 3.15. The Balaban J connectivity index is 1.78. The minimum Gasteiger partial charge on any atom is -0.497 e. The summed E-state index contributed by atoms with van der Waals surface area (Å²) in [6.45, 7) is 0. The van der Waals surface area contributed by atoms with Gasteiger partial charge in [0.25, 0.3) is 0 Å². The lowest BCUT2D eigenvalue weighted by Crippen LogP contribution is -2.10. The van der Waals surface area contributed by atoms with Gasteiger partial charge in [-0.3, -0.25) is 5.32 Å². The Morgan fingerprint density at radius 1 is 1.00 bits per heavy atom. The van der Waals surface area contributed by atoms with E-state index in [1.54, 1.807) is 19.2 Å². The highest BCUT2D eigenvalue weighted by Crippen LogP contribution is 2.28. The number of carbonyl (C=O) groups is 1. The van der Waals surface area contributed by atoms with Crippen molar-refractivity contribution in [2.75, 3.05) is 19.5 Å². The highest BCUT2D eigenvalue weighted by Gasteiger charge is 2.09. The summed E-state index contributed by atoms with van der Waals surface area (Å²) in [6, 6.07) is 16.7. The molecule has 0 aliphatic heterocycles. The van der Waals surface area contributed by atoms with Crippen LogP contribution in [0.4, 0.5) is 10.5 Å². The third kappa shape index (κ3) is 3.38. The minimum atomic E-state index is -0.508. The van der Waals surface area contributed by atoms with E-state index in [0.29, 0.717) is 17.1 Å².